The van der Waals surface area contributed by atoms with Crippen molar-refractivity contribution in [3.63, 3.8) is 0 Å². The van der Waals surface area contributed by atoms with Crippen LogP contribution in [-0.2, 0) is 10.9 Å². The van der Waals surface area contributed by atoms with E-state index in [-0.39, 0.29) is 5.56 Å². The first-order valence-corrected chi connectivity index (χ1v) is 9.35. The van der Waals surface area contributed by atoms with E-state index < -0.39 is 17.7 Å². The van der Waals surface area contributed by atoms with Gasteiger partial charge in [0.05, 0.1) is 19.8 Å². The molecule has 0 aliphatic rings. The summed E-state index contributed by atoms with van der Waals surface area (Å²) in [5, 5.41) is 2.96. The van der Waals surface area contributed by atoms with Gasteiger partial charge in [0, 0.05) is 23.6 Å². The third-order valence-corrected chi connectivity index (χ3v) is 4.05. The van der Waals surface area contributed by atoms with E-state index >= 15 is 0 Å². The number of nitrogens with one attached hydrogen (secondary N) is 1. The number of methoxy groups -OCH3 is 2. The van der Waals surface area contributed by atoms with E-state index in [1.54, 1.807) is 12.1 Å². The van der Waals surface area contributed by atoms with Crippen LogP contribution in [0.25, 0.3) is 11.3 Å². The molecular formula is C22H22F3N3O3. The van der Waals surface area contributed by atoms with Gasteiger partial charge in [-0.2, -0.15) is 13.2 Å². The van der Waals surface area contributed by atoms with E-state index in [1.165, 1.54) is 44.8 Å². The Labute approximate surface area is 178 Å². The first kappa shape index (κ1) is 23.7. The van der Waals surface area contributed by atoms with Crippen LogP contribution in [0.15, 0.2) is 54.9 Å². The summed E-state index contributed by atoms with van der Waals surface area (Å²) in [4.78, 5) is 20.3. The molecule has 1 N–H and O–H groups in total. The lowest BCUT2D eigenvalue weighted by Gasteiger charge is -2.13. The van der Waals surface area contributed by atoms with E-state index in [0.717, 1.165) is 12.1 Å². The standard InChI is InChI=1S/C20H16F3N3O3.C2H6/c1-28-16-11-12(3-8-15(16)19(27)29-2)17-18(25-10-9-24-17)26-14-6-4-13(5-7-14)20(21,22)23;1-2/h3-11H,1-2H3,(H,25,26);1-2H3. The highest BCUT2D eigenvalue weighted by Crippen LogP contribution is 2.33. The summed E-state index contributed by atoms with van der Waals surface area (Å²) in [6.45, 7) is 4.00. The number of benzene rings is 2. The van der Waals surface area contributed by atoms with Crippen molar-refractivity contribution in [3.8, 4) is 17.0 Å². The van der Waals surface area contributed by atoms with Gasteiger partial charge in [-0.25, -0.2) is 9.78 Å². The van der Waals surface area contributed by atoms with Gasteiger partial charge in [-0.1, -0.05) is 19.9 Å². The summed E-state index contributed by atoms with van der Waals surface area (Å²) in [5.41, 5.74) is 0.947. The molecule has 31 heavy (non-hydrogen) atoms. The fraction of sp³-hybridized carbons (Fsp3) is 0.227. The summed E-state index contributed by atoms with van der Waals surface area (Å²) in [7, 11) is 2.69. The molecule has 164 valence electrons. The molecule has 0 saturated heterocycles. The van der Waals surface area contributed by atoms with Gasteiger partial charge < -0.3 is 14.8 Å². The number of halogens is 3. The van der Waals surface area contributed by atoms with Crippen LogP contribution in [0.1, 0.15) is 29.8 Å². The minimum atomic E-state index is -4.41. The number of anilines is 2. The normalized spacial score (nSPS) is 10.5. The lowest BCUT2D eigenvalue weighted by Crippen LogP contribution is -2.05. The lowest BCUT2D eigenvalue weighted by molar-refractivity contribution is -0.137. The number of aromatic nitrogens is 2. The predicted molar refractivity (Wildman–Crippen MR) is 111 cm³/mol. The van der Waals surface area contributed by atoms with Crippen LogP contribution in [0, 0.1) is 0 Å². The van der Waals surface area contributed by atoms with Gasteiger partial charge in [0.2, 0.25) is 0 Å². The number of alkyl halides is 3. The highest BCUT2D eigenvalue weighted by Gasteiger charge is 2.30. The van der Waals surface area contributed by atoms with Crippen molar-refractivity contribution in [2.45, 2.75) is 20.0 Å². The fourth-order valence-electron chi connectivity index (χ4n) is 2.64. The van der Waals surface area contributed by atoms with Crippen molar-refractivity contribution in [2.75, 3.05) is 19.5 Å². The zero-order valence-electron chi connectivity index (χ0n) is 17.4. The van der Waals surface area contributed by atoms with E-state index in [2.05, 4.69) is 15.3 Å². The molecule has 3 aromatic rings. The SMILES string of the molecule is CC.COC(=O)c1ccc(-c2nccnc2Nc2ccc(C(F)(F)F)cc2)cc1OC. The Morgan fingerprint density at radius 2 is 1.61 bits per heavy atom. The quantitative estimate of drug-likeness (QED) is 0.518. The summed E-state index contributed by atoms with van der Waals surface area (Å²) in [5.74, 6) is 0.0799. The Bertz CT molecular complexity index is 1020. The molecule has 0 atom stereocenters. The number of esters is 1. The molecular weight excluding hydrogens is 411 g/mol. The van der Waals surface area contributed by atoms with Crippen molar-refractivity contribution in [1.29, 1.82) is 0 Å². The molecule has 0 radical (unpaired) electrons. The molecule has 0 unspecified atom stereocenters. The second-order valence-corrected chi connectivity index (χ2v) is 5.86. The van der Waals surface area contributed by atoms with Gasteiger partial charge >= 0.3 is 12.1 Å². The number of nitrogens with zero attached hydrogens (tertiary/aromatic N) is 2. The second-order valence-electron chi connectivity index (χ2n) is 5.86. The average molecular weight is 433 g/mol. The van der Waals surface area contributed by atoms with Crippen LogP contribution in [0.5, 0.6) is 5.75 Å². The molecule has 9 heteroatoms. The molecule has 0 amide bonds. The van der Waals surface area contributed by atoms with Crippen molar-refractivity contribution in [3.05, 3.63) is 66.0 Å². The Kier molecular flexibility index (Phi) is 7.95. The Morgan fingerprint density at radius 3 is 2.19 bits per heavy atom. The smallest absolute Gasteiger partial charge is 0.416 e. The molecule has 2 aromatic carbocycles. The van der Waals surface area contributed by atoms with Gasteiger partial charge in [0.15, 0.2) is 5.82 Å². The first-order chi connectivity index (χ1) is 14.8. The number of carbonyl (C=O) groups excluding carboxylic acids is 1. The van der Waals surface area contributed by atoms with Crippen LogP contribution in [-0.4, -0.2) is 30.2 Å². The molecule has 0 spiro atoms. The van der Waals surface area contributed by atoms with Crippen molar-refractivity contribution < 1.29 is 27.4 Å². The van der Waals surface area contributed by atoms with E-state index in [4.69, 9.17) is 9.47 Å². The number of hydrogen-bond donors (Lipinski definition) is 1. The van der Waals surface area contributed by atoms with Crippen molar-refractivity contribution in [2.24, 2.45) is 0 Å². The van der Waals surface area contributed by atoms with E-state index in [9.17, 15) is 18.0 Å². The van der Waals surface area contributed by atoms with Crippen LogP contribution in [0.2, 0.25) is 0 Å². The van der Waals surface area contributed by atoms with Crippen LogP contribution in [0.3, 0.4) is 0 Å². The van der Waals surface area contributed by atoms with Gasteiger partial charge in [0.1, 0.15) is 17.0 Å². The van der Waals surface area contributed by atoms with Gasteiger partial charge in [-0.05, 0) is 36.4 Å². The van der Waals surface area contributed by atoms with E-state index in [1.807, 2.05) is 13.8 Å². The summed E-state index contributed by atoms with van der Waals surface area (Å²) in [6, 6.07) is 9.37. The topological polar surface area (TPSA) is 73.3 Å². The van der Waals surface area contributed by atoms with Crippen LogP contribution >= 0.6 is 0 Å². The Hall–Kier alpha value is -3.62. The zero-order valence-corrected chi connectivity index (χ0v) is 17.4. The third-order valence-electron chi connectivity index (χ3n) is 4.05. The predicted octanol–water partition coefficient (Wildman–Crippen LogP) is 5.73. The number of hydrogen-bond acceptors (Lipinski definition) is 6. The maximum atomic E-state index is 12.7. The maximum absolute atomic E-state index is 12.7. The Morgan fingerprint density at radius 1 is 0.968 bits per heavy atom. The fourth-order valence-corrected chi connectivity index (χ4v) is 2.64. The lowest BCUT2D eigenvalue weighted by atomic mass is 10.1. The molecule has 6 nitrogen and oxygen atoms in total. The highest BCUT2D eigenvalue weighted by atomic mass is 19.4. The van der Waals surface area contributed by atoms with Crippen molar-refractivity contribution >= 4 is 17.5 Å². The molecule has 0 saturated carbocycles. The average Bonchev–Trinajstić information content (AvgIpc) is 2.79. The molecule has 1 heterocycles. The highest BCUT2D eigenvalue weighted by molar-refractivity contribution is 5.93. The van der Waals surface area contributed by atoms with Gasteiger partial charge in [0.25, 0.3) is 0 Å². The van der Waals surface area contributed by atoms with Crippen LogP contribution < -0.4 is 10.1 Å². The zero-order chi connectivity index (χ0) is 23.0. The van der Waals surface area contributed by atoms with E-state index in [0.29, 0.717) is 28.5 Å². The minimum Gasteiger partial charge on any atom is -0.496 e. The Balaban J connectivity index is 0.00000166. The maximum Gasteiger partial charge on any atom is 0.416 e. The van der Waals surface area contributed by atoms with Crippen LogP contribution in [0.4, 0.5) is 24.7 Å². The largest absolute Gasteiger partial charge is 0.496 e. The molecule has 0 aliphatic heterocycles. The monoisotopic (exact) mass is 433 g/mol. The summed E-state index contributed by atoms with van der Waals surface area (Å²) >= 11 is 0. The summed E-state index contributed by atoms with van der Waals surface area (Å²) in [6.07, 6.45) is -1.47. The summed E-state index contributed by atoms with van der Waals surface area (Å²) < 4.78 is 48.2. The number of ether oxygens (including phenoxy) is 2. The molecule has 3 rings (SSSR count). The minimum absolute atomic E-state index is 0.250. The molecule has 0 fully saturated rings. The third kappa shape index (κ3) is 5.71. The molecule has 0 bridgehead atoms. The van der Waals surface area contributed by atoms with Gasteiger partial charge in [-0.3, -0.25) is 4.98 Å². The van der Waals surface area contributed by atoms with Gasteiger partial charge in [-0.15, -0.1) is 0 Å². The number of rotatable bonds is 5. The first-order valence-electron chi connectivity index (χ1n) is 9.35. The second kappa shape index (κ2) is 10.4. The molecule has 1 aromatic heterocycles. The molecule has 0 aliphatic carbocycles. The number of carbonyl (C=O) groups is 1. The van der Waals surface area contributed by atoms with Crippen molar-refractivity contribution in [1.82, 2.24) is 9.97 Å².